The molecular weight excluding hydrogens is 188 g/mol. The van der Waals surface area contributed by atoms with Crippen LogP contribution in [0.15, 0.2) is 24.3 Å². The van der Waals surface area contributed by atoms with Gasteiger partial charge in [-0.25, -0.2) is 0 Å². The summed E-state index contributed by atoms with van der Waals surface area (Å²) in [6.07, 6.45) is -0.833. The lowest BCUT2D eigenvalue weighted by Gasteiger charge is -2.14. The topological polar surface area (TPSA) is 40.5 Å². The first-order valence-electron chi connectivity index (χ1n) is 5.45. The summed E-state index contributed by atoms with van der Waals surface area (Å²) in [5.74, 6) is 0.528. The second-order valence-electron chi connectivity index (χ2n) is 4.41. The van der Waals surface area contributed by atoms with Gasteiger partial charge in [-0.3, -0.25) is 0 Å². The largest absolute Gasteiger partial charge is 0.391 e. The lowest BCUT2D eigenvalue weighted by atomic mass is 9.99. The first-order valence-corrected chi connectivity index (χ1v) is 5.45. The van der Waals surface area contributed by atoms with Crippen LogP contribution in [0.25, 0.3) is 0 Å². The molecule has 0 aliphatic rings. The van der Waals surface area contributed by atoms with Crippen molar-refractivity contribution in [3.63, 3.8) is 0 Å². The lowest BCUT2D eigenvalue weighted by molar-refractivity contribution is 0.0319. The second kappa shape index (κ2) is 5.29. The maximum absolute atomic E-state index is 9.51. The maximum Gasteiger partial charge on any atom is 0.0836 e. The molecule has 0 fully saturated rings. The highest BCUT2D eigenvalue weighted by atomic mass is 16.3. The highest BCUT2D eigenvalue weighted by Crippen LogP contribution is 2.15. The van der Waals surface area contributed by atoms with Crippen molar-refractivity contribution in [2.24, 2.45) is 0 Å². The third-order valence-corrected chi connectivity index (χ3v) is 2.65. The van der Waals surface area contributed by atoms with Gasteiger partial charge in [0.25, 0.3) is 0 Å². The number of aliphatic hydroxyl groups excluding tert-OH is 2. The fourth-order valence-electron chi connectivity index (χ4n) is 1.45. The summed E-state index contributed by atoms with van der Waals surface area (Å²) in [5.41, 5.74) is 2.36. The minimum atomic E-state index is -0.672. The van der Waals surface area contributed by atoms with Crippen LogP contribution in [0.5, 0.6) is 0 Å². The maximum atomic E-state index is 9.51. The van der Waals surface area contributed by atoms with Crippen LogP contribution < -0.4 is 0 Å². The van der Waals surface area contributed by atoms with E-state index in [-0.39, 0.29) is 0 Å². The standard InChI is InChI=1S/C13H20O2/c1-9(2)12-6-4-11(5-7-12)8-13(15)10(3)14/h4-7,9-10,13-15H,8H2,1-3H3. The Hall–Kier alpha value is -0.860. The third kappa shape index (κ3) is 3.65. The minimum absolute atomic E-state index is 0.510. The van der Waals surface area contributed by atoms with Crippen molar-refractivity contribution < 1.29 is 10.2 Å². The van der Waals surface area contributed by atoms with Crippen LogP contribution in [0.3, 0.4) is 0 Å². The van der Waals surface area contributed by atoms with Crippen molar-refractivity contribution in [3.8, 4) is 0 Å². The van der Waals surface area contributed by atoms with E-state index in [9.17, 15) is 10.2 Å². The van der Waals surface area contributed by atoms with Crippen molar-refractivity contribution in [1.29, 1.82) is 0 Å². The van der Waals surface area contributed by atoms with E-state index in [4.69, 9.17) is 0 Å². The Morgan fingerprint density at radius 3 is 1.93 bits per heavy atom. The zero-order chi connectivity index (χ0) is 11.4. The molecule has 2 heteroatoms. The van der Waals surface area contributed by atoms with Gasteiger partial charge in [0.15, 0.2) is 0 Å². The molecule has 0 heterocycles. The molecule has 0 saturated heterocycles. The van der Waals surface area contributed by atoms with Gasteiger partial charge in [-0.2, -0.15) is 0 Å². The predicted molar refractivity (Wildman–Crippen MR) is 61.9 cm³/mol. The average Bonchev–Trinajstić information content (AvgIpc) is 2.18. The highest BCUT2D eigenvalue weighted by Gasteiger charge is 2.11. The van der Waals surface area contributed by atoms with Gasteiger partial charge in [-0.05, 0) is 24.0 Å². The minimum Gasteiger partial charge on any atom is -0.391 e. The molecule has 2 N–H and O–H groups in total. The summed E-state index contributed by atoms with van der Waals surface area (Å²) < 4.78 is 0. The SMILES string of the molecule is CC(C)c1ccc(CC(O)C(C)O)cc1. The Kier molecular flexibility index (Phi) is 4.30. The smallest absolute Gasteiger partial charge is 0.0836 e. The molecule has 2 nitrogen and oxygen atoms in total. The molecule has 0 aliphatic carbocycles. The van der Waals surface area contributed by atoms with Crippen LogP contribution in [0, 0.1) is 0 Å². The van der Waals surface area contributed by atoms with Gasteiger partial charge in [0, 0.05) is 6.42 Å². The molecule has 0 bridgehead atoms. The molecule has 0 saturated carbocycles. The molecule has 1 rings (SSSR count). The number of hydrogen-bond acceptors (Lipinski definition) is 2. The van der Waals surface area contributed by atoms with E-state index in [1.165, 1.54) is 5.56 Å². The van der Waals surface area contributed by atoms with Crippen LogP contribution in [0.1, 0.15) is 37.8 Å². The van der Waals surface area contributed by atoms with E-state index in [0.717, 1.165) is 5.56 Å². The molecule has 0 radical (unpaired) electrons. The van der Waals surface area contributed by atoms with Gasteiger partial charge in [-0.1, -0.05) is 38.1 Å². The molecular formula is C13H20O2. The van der Waals surface area contributed by atoms with Gasteiger partial charge >= 0.3 is 0 Å². The van der Waals surface area contributed by atoms with Crippen molar-refractivity contribution >= 4 is 0 Å². The van der Waals surface area contributed by atoms with Gasteiger partial charge in [0.05, 0.1) is 12.2 Å². The first kappa shape index (κ1) is 12.2. The normalized spacial score (nSPS) is 15.3. The van der Waals surface area contributed by atoms with Crippen LogP contribution in [0.2, 0.25) is 0 Å². The molecule has 2 unspecified atom stereocenters. The summed E-state index contributed by atoms with van der Waals surface area (Å²) >= 11 is 0. The molecule has 0 aromatic heterocycles. The molecule has 1 aromatic rings. The fraction of sp³-hybridized carbons (Fsp3) is 0.538. The summed E-state index contributed by atoms with van der Waals surface area (Å²) in [4.78, 5) is 0. The quantitative estimate of drug-likeness (QED) is 0.795. The Balaban J connectivity index is 2.64. The van der Waals surface area contributed by atoms with Gasteiger partial charge in [0.2, 0.25) is 0 Å². The Morgan fingerprint density at radius 1 is 1.00 bits per heavy atom. The fourth-order valence-corrected chi connectivity index (χ4v) is 1.45. The van der Waals surface area contributed by atoms with E-state index < -0.39 is 12.2 Å². The number of rotatable bonds is 4. The number of hydrogen-bond donors (Lipinski definition) is 2. The van der Waals surface area contributed by atoms with Crippen LogP contribution >= 0.6 is 0 Å². The van der Waals surface area contributed by atoms with E-state index >= 15 is 0 Å². The Bertz CT molecular complexity index is 288. The van der Waals surface area contributed by atoms with Crippen LogP contribution in [0.4, 0.5) is 0 Å². The molecule has 1 aromatic carbocycles. The summed E-state index contributed by atoms with van der Waals surface area (Å²) in [6.45, 7) is 5.91. The summed E-state index contributed by atoms with van der Waals surface area (Å²) in [5, 5.41) is 18.7. The number of benzene rings is 1. The average molecular weight is 208 g/mol. The molecule has 0 amide bonds. The van der Waals surface area contributed by atoms with E-state index in [2.05, 4.69) is 26.0 Å². The van der Waals surface area contributed by atoms with Gasteiger partial charge in [-0.15, -0.1) is 0 Å². The zero-order valence-electron chi connectivity index (χ0n) is 9.64. The van der Waals surface area contributed by atoms with Crippen LogP contribution in [-0.2, 0) is 6.42 Å². The summed E-state index contributed by atoms with van der Waals surface area (Å²) in [6, 6.07) is 8.19. The zero-order valence-corrected chi connectivity index (χ0v) is 9.64. The van der Waals surface area contributed by atoms with Crippen molar-refractivity contribution in [3.05, 3.63) is 35.4 Å². The molecule has 0 aliphatic heterocycles. The lowest BCUT2D eigenvalue weighted by Crippen LogP contribution is -2.24. The van der Waals surface area contributed by atoms with E-state index in [1.54, 1.807) is 6.92 Å². The predicted octanol–water partition coefficient (Wildman–Crippen LogP) is 2.09. The molecule has 84 valence electrons. The monoisotopic (exact) mass is 208 g/mol. The first-order chi connectivity index (χ1) is 7.00. The third-order valence-electron chi connectivity index (χ3n) is 2.65. The van der Waals surface area contributed by atoms with Gasteiger partial charge < -0.3 is 10.2 Å². The van der Waals surface area contributed by atoms with E-state index in [1.807, 2.05) is 12.1 Å². The van der Waals surface area contributed by atoms with Crippen molar-refractivity contribution in [1.82, 2.24) is 0 Å². The van der Waals surface area contributed by atoms with Crippen LogP contribution in [-0.4, -0.2) is 22.4 Å². The second-order valence-corrected chi connectivity index (χ2v) is 4.41. The van der Waals surface area contributed by atoms with Crippen molar-refractivity contribution in [2.45, 2.75) is 45.3 Å². The Morgan fingerprint density at radius 2 is 1.53 bits per heavy atom. The molecule has 15 heavy (non-hydrogen) atoms. The van der Waals surface area contributed by atoms with Gasteiger partial charge in [0.1, 0.15) is 0 Å². The molecule has 0 spiro atoms. The van der Waals surface area contributed by atoms with E-state index in [0.29, 0.717) is 12.3 Å². The highest BCUT2D eigenvalue weighted by molar-refractivity contribution is 5.25. The molecule has 2 atom stereocenters. The summed E-state index contributed by atoms with van der Waals surface area (Å²) in [7, 11) is 0. The van der Waals surface area contributed by atoms with Crippen molar-refractivity contribution in [2.75, 3.05) is 0 Å². The number of aliphatic hydroxyl groups is 2. The Labute approximate surface area is 91.6 Å².